The van der Waals surface area contributed by atoms with E-state index in [-0.39, 0.29) is 10.3 Å². The SMILES string of the molecule is Cc1cc(OCc2nc(C(C)(C)C)cs2)c(C(=O)O)s1. The van der Waals surface area contributed by atoms with Gasteiger partial charge in [0.2, 0.25) is 0 Å². The Morgan fingerprint density at radius 1 is 1.45 bits per heavy atom. The van der Waals surface area contributed by atoms with Gasteiger partial charge in [0.05, 0.1) is 5.69 Å². The number of ether oxygens (including phenoxy) is 1. The molecule has 2 aromatic heterocycles. The highest BCUT2D eigenvalue weighted by atomic mass is 32.1. The first kappa shape index (κ1) is 15.0. The van der Waals surface area contributed by atoms with E-state index in [2.05, 4.69) is 25.8 Å². The van der Waals surface area contributed by atoms with Crippen molar-refractivity contribution in [3.05, 3.63) is 31.9 Å². The summed E-state index contributed by atoms with van der Waals surface area (Å²) in [6.45, 7) is 8.49. The summed E-state index contributed by atoms with van der Waals surface area (Å²) in [4.78, 5) is 16.8. The van der Waals surface area contributed by atoms with Crippen molar-refractivity contribution in [2.24, 2.45) is 0 Å². The van der Waals surface area contributed by atoms with E-state index in [0.717, 1.165) is 15.6 Å². The van der Waals surface area contributed by atoms with Gasteiger partial charge in [0.25, 0.3) is 0 Å². The molecule has 0 aliphatic rings. The van der Waals surface area contributed by atoms with E-state index in [1.807, 2.05) is 12.3 Å². The molecule has 0 fully saturated rings. The number of aromatic carboxylic acids is 1. The average Bonchev–Trinajstić information content (AvgIpc) is 2.91. The van der Waals surface area contributed by atoms with E-state index in [4.69, 9.17) is 9.84 Å². The lowest BCUT2D eigenvalue weighted by Gasteiger charge is -2.14. The molecule has 0 atom stereocenters. The van der Waals surface area contributed by atoms with Gasteiger partial charge < -0.3 is 9.84 Å². The van der Waals surface area contributed by atoms with Crippen molar-refractivity contribution in [1.29, 1.82) is 0 Å². The Morgan fingerprint density at radius 2 is 2.15 bits per heavy atom. The summed E-state index contributed by atoms with van der Waals surface area (Å²) in [7, 11) is 0. The molecule has 2 heterocycles. The normalized spacial score (nSPS) is 11.6. The molecule has 2 rings (SSSR count). The number of carboxylic acids is 1. The van der Waals surface area contributed by atoms with Gasteiger partial charge in [-0.1, -0.05) is 20.8 Å². The maximum atomic E-state index is 11.1. The Bertz CT molecular complexity index is 623. The number of rotatable bonds is 4. The van der Waals surface area contributed by atoms with E-state index >= 15 is 0 Å². The second-order valence-corrected chi connectivity index (χ2v) is 7.72. The monoisotopic (exact) mass is 311 g/mol. The van der Waals surface area contributed by atoms with Crippen molar-refractivity contribution < 1.29 is 14.6 Å². The van der Waals surface area contributed by atoms with Crippen LogP contribution >= 0.6 is 22.7 Å². The van der Waals surface area contributed by atoms with Gasteiger partial charge in [0.15, 0.2) is 4.88 Å². The summed E-state index contributed by atoms with van der Waals surface area (Å²) in [5.74, 6) is -0.528. The average molecular weight is 311 g/mol. The summed E-state index contributed by atoms with van der Waals surface area (Å²) in [5, 5.41) is 12.0. The summed E-state index contributed by atoms with van der Waals surface area (Å²) < 4.78 is 5.61. The summed E-state index contributed by atoms with van der Waals surface area (Å²) in [5.41, 5.74) is 1.04. The molecule has 4 nitrogen and oxygen atoms in total. The van der Waals surface area contributed by atoms with Crippen molar-refractivity contribution in [2.75, 3.05) is 0 Å². The van der Waals surface area contributed by atoms with Crippen LogP contribution < -0.4 is 4.74 Å². The van der Waals surface area contributed by atoms with Gasteiger partial charge in [-0.05, 0) is 13.0 Å². The number of carbonyl (C=O) groups is 1. The van der Waals surface area contributed by atoms with Gasteiger partial charge in [-0.2, -0.15) is 0 Å². The summed E-state index contributed by atoms with van der Waals surface area (Å²) >= 11 is 2.76. The number of aryl methyl sites for hydroxylation is 1. The Kier molecular flexibility index (Phi) is 4.15. The van der Waals surface area contributed by atoms with Crippen LogP contribution in [0.25, 0.3) is 0 Å². The molecule has 0 saturated heterocycles. The third kappa shape index (κ3) is 3.37. The highest BCUT2D eigenvalue weighted by molar-refractivity contribution is 7.14. The Labute approximate surface area is 126 Å². The van der Waals surface area contributed by atoms with Gasteiger partial charge in [0, 0.05) is 15.7 Å². The topological polar surface area (TPSA) is 59.4 Å². The molecule has 2 aromatic rings. The van der Waals surface area contributed by atoms with Crippen LogP contribution in [0.5, 0.6) is 5.75 Å². The second kappa shape index (κ2) is 5.54. The molecule has 0 aliphatic heterocycles. The number of thiophene rings is 1. The smallest absolute Gasteiger partial charge is 0.349 e. The molecule has 0 amide bonds. The van der Waals surface area contributed by atoms with Crippen molar-refractivity contribution in [3.63, 3.8) is 0 Å². The predicted molar refractivity (Wildman–Crippen MR) is 81.2 cm³/mol. The Morgan fingerprint density at radius 3 is 2.70 bits per heavy atom. The number of hydrogen-bond acceptors (Lipinski definition) is 5. The first-order valence-electron chi connectivity index (χ1n) is 6.19. The Balaban J connectivity index is 2.09. The van der Waals surface area contributed by atoms with Gasteiger partial charge in [-0.15, -0.1) is 22.7 Å². The number of aromatic nitrogens is 1. The molecule has 0 aromatic carbocycles. The minimum absolute atomic E-state index is 0.0138. The summed E-state index contributed by atoms with van der Waals surface area (Å²) in [6.07, 6.45) is 0. The lowest BCUT2D eigenvalue weighted by molar-refractivity contribution is 0.0697. The maximum absolute atomic E-state index is 11.1. The molecule has 108 valence electrons. The molecule has 20 heavy (non-hydrogen) atoms. The molecular formula is C14H17NO3S2. The van der Waals surface area contributed by atoms with E-state index in [1.165, 1.54) is 22.7 Å². The molecule has 0 saturated carbocycles. The van der Waals surface area contributed by atoms with Gasteiger partial charge in [-0.3, -0.25) is 0 Å². The van der Waals surface area contributed by atoms with Crippen LogP contribution in [0.15, 0.2) is 11.4 Å². The number of nitrogens with zero attached hydrogens (tertiary/aromatic N) is 1. The third-order valence-corrected chi connectivity index (χ3v) is 4.53. The van der Waals surface area contributed by atoms with E-state index in [9.17, 15) is 4.79 Å². The van der Waals surface area contributed by atoms with Crippen LogP contribution in [-0.4, -0.2) is 16.1 Å². The summed E-state index contributed by atoms with van der Waals surface area (Å²) in [6, 6.07) is 1.76. The molecule has 1 N–H and O–H groups in total. The predicted octanol–water partition coefficient (Wildman–Crippen LogP) is 4.09. The number of thiazole rings is 1. The fraction of sp³-hybridized carbons (Fsp3) is 0.429. The highest BCUT2D eigenvalue weighted by Gasteiger charge is 2.19. The van der Waals surface area contributed by atoms with Gasteiger partial charge in [0.1, 0.15) is 17.4 Å². The zero-order valence-corrected chi connectivity index (χ0v) is 13.5. The van der Waals surface area contributed by atoms with Crippen LogP contribution in [-0.2, 0) is 12.0 Å². The van der Waals surface area contributed by atoms with E-state index in [1.54, 1.807) is 6.07 Å². The van der Waals surface area contributed by atoms with Crippen molar-refractivity contribution in [3.8, 4) is 5.75 Å². The van der Waals surface area contributed by atoms with Crippen LogP contribution in [0.4, 0.5) is 0 Å². The minimum Gasteiger partial charge on any atom is -0.485 e. The van der Waals surface area contributed by atoms with E-state index in [0.29, 0.717) is 12.4 Å². The lowest BCUT2D eigenvalue weighted by Crippen LogP contribution is -2.11. The largest absolute Gasteiger partial charge is 0.485 e. The van der Waals surface area contributed by atoms with Crippen molar-refractivity contribution >= 4 is 28.6 Å². The molecule has 0 radical (unpaired) electrons. The minimum atomic E-state index is -0.951. The number of carboxylic acid groups (broad SMARTS) is 1. The Hall–Kier alpha value is -1.40. The first-order chi connectivity index (χ1) is 9.27. The molecule has 0 spiro atoms. The second-order valence-electron chi connectivity index (χ2n) is 5.52. The maximum Gasteiger partial charge on any atom is 0.349 e. The van der Waals surface area contributed by atoms with Crippen LogP contribution in [0.2, 0.25) is 0 Å². The molecular weight excluding hydrogens is 294 g/mol. The molecule has 0 unspecified atom stereocenters. The number of hydrogen-bond donors (Lipinski definition) is 1. The van der Waals surface area contributed by atoms with Crippen LogP contribution in [0, 0.1) is 6.92 Å². The molecule has 0 aliphatic carbocycles. The van der Waals surface area contributed by atoms with Crippen LogP contribution in [0.1, 0.15) is 46.0 Å². The lowest BCUT2D eigenvalue weighted by atomic mass is 9.93. The highest BCUT2D eigenvalue weighted by Crippen LogP contribution is 2.30. The quantitative estimate of drug-likeness (QED) is 0.924. The standard InChI is InChI=1S/C14H17NO3S2/c1-8-5-9(12(20-8)13(16)17)18-6-11-15-10(7-19-11)14(2,3)4/h5,7H,6H2,1-4H3,(H,16,17). The fourth-order valence-electron chi connectivity index (χ4n) is 1.61. The zero-order valence-electron chi connectivity index (χ0n) is 11.9. The zero-order chi connectivity index (χ0) is 14.9. The van der Waals surface area contributed by atoms with Gasteiger partial charge in [-0.25, -0.2) is 9.78 Å². The van der Waals surface area contributed by atoms with Crippen LogP contribution in [0.3, 0.4) is 0 Å². The fourth-order valence-corrected chi connectivity index (χ4v) is 3.33. The third-order valence-electron chi connectivity index (χ3n) is 2.69. The van der Waals surface area contributed by atoms with Crippen molar-refractivity contribution in [1.82, 2.24) is 4.98 Å². The van der Waals surface area contributed by atoms with E-state index < -0.39 is 5.97 Å². The molecule has 6 heteroatoms. The molecule has 0 bridgehead atoms. The first-order valence-corrected chi connectivity index (χ1v) is 7.88. The van der Waals surface area contributed by atoms with Gasteiger partial charge >= 0.3 is 5.97 Å². The van der Waals surface area contributed by atoms with Crippen molar-refractivity contribution in [2.45, 2.75) is 39.7 Å².